The largest absolute Gasteiger partial charge is 0.454 e. The fourth-order valence-corrected chi connectivity index (χ4v) is 4.27. The van der Waals surface area contributed by atoms with Crippen molar-refractivity contribution in [1.82, 2.24) is 9.97 Å². The summed E-state index contributed by atoms with van der Waals surface area (Å²) in [6.07, 6.45) is 7.03. The summed E-state index contributed by atoms with van der Waals surface area (Å²) in [6, 6.07) is 8.33. The molecule has 6 N–H and O–H groups in total. The number of anilines is 3. The number of pyridine rings is 2. The molecule has 2 aromatic heterocycles. The van der Waals surface area contributed by atoms with Crippen LogP contribution >= 0.6 is 0 Å². The zero-order valence-corrected chi connectivity index (χ0v) is 18.4. The Morgan fingerprint density at radius 2 is 1.85 bits per heavy atom. The van der Waals surface area contributed by atoms with E-state index in [4.69, 9.17) is 20.9 Å². The van der Waals surface area contributed by atoms with Gasteiger partial charge in [-0.05, 0) is 42.7 Å². The van der Waals surface area contributed by atoms with Crippen molar-refractivity contribution in [2.24, 2.45) is 11.5 Å². The maximum Gasteiger partial charge on any atom is 0.252 e. The van der Waals surface area contributed by atoms with Crippen LogP contribution in [0.25, 0.3) is 11.1 Å². The highest BCUT2D eigenvalue weighted by atomic mass is 19.1. The van der Waals surface area contributed by atoms with Crippen LogP contribution in [0, 0.1) is 5.82 Å². The Balaban J connectivity index is 1.44. The van der Waals surface area contributed by atoms with Crippen molar-refractivity contribution < 1.29 is 18.7 Å². The van der Waals surface area contributed by atoms with E-state index >= 15 is 0 Å². The molecule has 2 aliphatic rings. The quantitative estimate of drug-likeness (QED) is 0.435. The highest BCUT2D eigenvalue weighted by Crippen LogP contribution is 2.36. The minimum Gasteiger partial charge on any atom is -0.454 e. The van der Waals surface area contributed by atoms with E-state index in [1.165, 1.54) is 0 Å². The van der Waals surface area contributed by atoms with Crippen LogP contribution in [0.2, 0.25) is 0 Å². The van der Waals surface area contributed by atoms with Gasteiger partial charge in [-0.25, -0.2) is 9.37 Å². The van der Waals surface area contributed by atoms with Crippen LogP contribution in [0.4, 0.5) is 21.7 Å². The summed E-state index contributed by atoms with van der Waals surface area (Å²) in [6.45, 7) is 0.187. The van der Waals surface area contributed by atoms with E-state index in [0.717, 1.165) is 42.9 Å². The SMILES string of the molecule is NC(=O)c1cc(F)c(N[C@@H]2CCCC[C@@H]2N)nc1Nc1cncc(-c2ccc3c(c2)OCO3)c1. The topological polar surface area (TPSA) is 137 Å². The Kier molecular flexibility index (Phi) is 5.89. The molecule has 0 saturated heterocycles. The first-order valence-electron chi connectivity index (χ1n) is 11.1. The summed E-state index contributed by atoms with van der Waals surface area (Å²) in [7, 11) is 0. The molecule has 0 spiro atoms. The maximum absolute atomic E-state index is 14.8. The third-order valence-electron chi connectivity index (χ3n) is 6.09. The number of primary amides is 1. The monoisotopic (exact) mass is 464 g/mol. The Hall–Kier alpha value is -3.92. The number of carbonyl (C=O) groups is 1. The van der Waals surface area contributed by atoms with Crippen LogP contribution in [0.3, 0.4) is 0 Å². The number of rotatable bonds is 6. The molecular weight excluding hydrogens is 439 g/mol. The van der Waals surface area contributed by atoms with Gasteiger partial charge >= 0.3 is 0 Å². The van der Waals surface area contributed by atoms with Crippen molar-refractivity contribution in [3.05, 3.63) is 54.1 Å². The van der Waals surface area contributed by atoms with Crippen LogP contribution in [0.5, 0.6) is 11.5 Å². The second kappa shape index (κ2) is 9.14. The average Bonchev–Trinajstić information content (AvgIpc) is 3.30. The van der Waals surface area contributed by atoms with Gasteiger partial charge in [0.1, 0.15) is 5.82 Å². The van der Waals surface area contributed by atoms with Gasteiger partial charge in [0.2, 0.25) is 6.79 Å². The molecule has 2 atom stereocenters. The third-order valence-corrected chi connectivity index (χ3v) is 6.09. The molecule has 176 valence electrons. The first kappa shape index (κ1) is 21.9. The molecule has 1 saturated carbocycles. The van der Waals surface area contributed by atoms with E-state index < -0.39 is 11.7 Å². The first-order valence-corrected chi connectivity index (χ1v) is 11.1. The third kappa shape index (κ3) is 4.44. The molecule has 34 heavy (non-hydrogen) atoms. The molecule has 3 aromatic rings. The van der Waals surface area contributed by atoms with Crippen molar-refractivity contribution in [2.75, 3.05) is 17.4 Å². The van der Waals surface area contributed by atoms with Gasteiger partial charge in [0.15, 0.2) is 23.1 Å². The Morgan fingerprint density at radius 1 is 1.03 bits per heavy atom. The lowest BCUT2D eigenvalue weighted by molar-refractivity contribution is 0.100. The Morgan fingerprint density at radius 3 is 2.68 bits per heavy atom. The van der Waals surface area contributed by atoms with Crippen molar-refractivity contribution in [2.45, 2.75) is 37.8 Å². The smallest absolute Gasteiger partial charge is 0.252 e. The first-order chi connectivity index (χ1) is 16.5. The maximum atomic E-state index is 14.8. The number of nitrogens with two attached hydrogens (primary N) is 2. The minimum absolute atomic E-state index is 0.0229. The van der Waals surface area contributed by atoms with Gasteiger partial charge in [0.25, 0.3) is 5.91 Å². The van der Waals surface area contributed by atoms with Gasteiger partial charge in [-0.2, -0.15) is 0 Å². The number of carbonyl (C=O) groups excluding carboxylic acids is 1. The standard InChI is InChI=1S/C24H25FN6O3/c25-17-9-16(22(27)32)23(31-24(17)30-19-4-2-1-3-18(19)26)29-15-7-14(10-28-11-15)13-5-6-20-21(8-13)34-12-33-20/h5-11,18-19H,1-4,12,26H2,(H2,27,32)(H2,29,30,31)/t18-,19+/m0/s1. The molecule has 10 heteroatoms. The van der Waals surface area contributed by atoms with Crippen LogP contribution in [-0.4, -0.2) is 34.8 Å². The number of benzene rings is 1. The highest BCUT2D eigenvalue weighted by molar-refractivity contribution is 5.98. The minimum atomic E-state index is -0.797. The van der Waals surface area contributed by atoms with Crippen molar-refractivity contribution in [3.8, 4) is 22.6 Å². The summed E-state index contributed by atoms with van der Waals surface area (Å²) in [5.74, 6) is 0.0354. The molecule has 3 heterocycles. The molecule has 9 nitrogen and oxygen atoms in total. The summed E-state index contributed by atoms with van der Waals surface area (Å²) < 4.78 is 25.6. The molecule has 1 amide bonds. The summed E-state index contributed by atoms with van der Waals surface area (Å²) in [5, 5.41) is 6.17. The van der Waals surface area contributed by atoms with Gasteiger partial charge in [-0.1, -0.05) is 18.9 Å². The number of hydrogen-bond acceptors (Lipinski definition) is 8. The predicted molar refractivity (Wildman–Crippen MR) is 126 cm³/mol. The molecular formula is C24H25FN6O3. The number of ether oxygens (including phenoxy) is 2. The number of hydrogen-bond donors (Lipinski definition) is 4. The van der Waals surface area contributed by atoms with E-state index in [1.807, 2.05) is 24.3 Å². The van der Waals surface area contributed by atoms with Gasteiger partial charge < -0.3 is 31.6 Å². The Labute approximate surface area is 195 Å². The number of amides is 1. The second-order valence-corrected chi connectivity index (χ2v) is 8.43. The van der Waals surface area contributed by atoms with E-state index in [9.17, 15) is 9.18 Å². The lowest BCUT2D eigenvalue weighted by Gasteiger charge is -2.30. The zero-order valence-electron chi connectivity index (χ0n) is 18.4. The lowest BCUT2D eigenvalue weighted by Crippen LogP contribution is -2.43. The number of halogens is 1. The van der Waals surface area contributed by atoms with Crippen molar-refractivity contribution in [3.63, 3.8) is 0 Å². The van der Waals surface area contributed by atoms with Gasteiger partial charge in [-0.15, -0.1) is 0 Å². The zero-order chi connectivity index (χ0) is 23.7. The van der Waals surface area contributed by atoms with Gasteiger partial charge in [0, 0.05) is 23.8 Å². The molecule has 0 bridgehead atoms. The molecule has 0 radical (unpaired) electrons. The normalized spacial score (nSPS) is 19.0. The number of nitrogens with zero attached hydrogens (tertiary/aromatic N) is 2. The Bertz CT molecular complexity index is 1240. The second-order valence-electron chi connectivity index (χ2n) is 8.43. The van der Waals surface area contributed by atoms with Crippen molar-refractivity contribution >= 4 is 23.2 Å². The highest BCUT2D eigenvalue weighted by Gasteiger charge is 2.24. The number of nitrogens with one attached hydrogen (secondary N) is 2. The molecule has 1 fully saturated rings. The van der Waals surface area contributed by atoms with Crippen LogP contribution < -0.4 is 31.6 Å². The van der Waals surface area contributed by atoms with Gasteiger partial charge in [0.05, 0.1) is 17.4 Å². The summed E-state index contributed by atoms with van der Waals surface area (Å²) in [5.41, 5.74) is 13.9. The van der Waals surface area contributed by atoms with E-state index in [2.05, 4.69) is 20.6 Å². The average molecular weight is 465 g/mol. The molecule has 1 aliphatic heterocycles. The van der Waals surface area contributed by atoms with E-state index in [0.29, 0.717) is 17.2 Å². The van der Waals surface area contributed by atoms with E-state index in [1.54, 1.807) is 12.4 Å². The lowest BCUT2D eigenvalue weighted by atomic mass is 9.91. The molecule has 5 rings (SSSR count). The predicted octanol–water partition coefficient (Wildman–Crippen LogP) is 3.54. The van der Waals surface area contributed by atoms with Crippen molar-refractivity contribution in [1.29, 1.82) is 0 Å². The summed E-state index contributed by atoms with van der Waals surface area (Å²) in [4.78, 5) is 20.6. The fourth-order valence-electron chi connectivity index (χ4n) is 4.27. The summed E-state index contributed by atoms with van der Waals surface area (Å²) >= 11 is 0. The number of fused-ring (bicyclic) bond motifs is 1. The van der Waals surface area contributed by atoms with E-state index in [-0.39, 0.29) is 36.1 Å². The fraction of sp³-hybridized carbons (Fsp3) is 0.292. The van der Waals surface area contributed by atoms with Gasteiger partial charge in [-0.3, -0.25) is 9.78 Å². The van der Waals surface area contributed by atoms with Crippen LogP contribution in [-0.2, 0) is 0 Å². The van der Waals surface area contributed by atoms with Crippen LogP contribution in [0.1, 0.15) is 36.0 Å². The van der Waals surface area contributed by atoms with Crippen LogP contribution in [0.15, 0.2) is 42.7 Å². The number of aromatic nitrogens is 2. The molecule has 1 aromatic carbocycles. The molecule has 1 aliphatic carbocycles. The molecule has 0 unspecified atom stereocenters.